The van der Waals surface area contributed by atoms with Crippen LogP contribution >= 0.6 is 0 Å². The Morgan fingerprint density at radius 3 is 2.19 bits per heavy atom. The lowest BCUT2D eigenvalue weighted by Crippen LogP contribution is -2.30. The van der Waals surface area contributed by atoms with Gasteiger partial charge in [0.05, 0.1) is 4.90 Å². The zero-order chi connectivity index (χ0) is 16.0. The fourth-order valence-electron chi connectivity index (χ4n) is 2.03. The van der Waals surface area contributed by atoms with Gasteiger partial charge in [-0.15, -0.1) is 0 Å². The summed E-state index contributed by atoms with van der Waals surface area (Å²) in [4.78, 5) is 2.70. The third-order valence-corrected chi connectivity index (χ3v) is 4.96. The van der Waals surface area contributed by atoms with Gasteiger partial charge in [-0.05, 0) is 65.0 Å². The largest absolute Gasteiger partial charge is 0.310 e. The summed E-state index contributed by atoms with van der Waals surface area (Å²) < 4.78 is 22.8. The lowest BCUT2D eigenvalue weighted by atomic mass is 10.1. The second kappa shape index (κ2) is 7.92. The first-order valence-electron chi connectivity index (χ1n) is 7.45. The molecule has 0 spiro atoms. The molecule has 0 saturated heterocycles. The average Bonchev–Trinajstić information content (AvgIpc) is 2.42. The zero-order valence-electron chi connectivity index (χ0n) is 13.8. The average molecular weight is 312 g/mol. The Bertz CT molecular complexity index is 524. The molecule has 1 aromatic rings. The molecule has 1 atom stereocenters. The summed E-state index contributed by atoms with van der Waals surface area (Å²) in [6.07, 6.45) is 2.33. The lowest BCUT2D eigenvalue weighted by molar-refractivity contribution is 0.268. The second-order valence-electron chi connectivity index (χ2n) is 5.94. The molecule has 0 amide bonds. The summed E-state index contributed by atoms with van der Waals surface area (Å²) >= 11 is 0. The van der Waals surface area contributed by atoms with Gasteiger partial charge in [0.2, 0.25) is 0 Å². The normalized spacial score (nSPS) is 13.9. The van der Waals surface area contributed by atoms with E-state index in [-0.39, 0.29) is 6.04 Å². The minimum atomic E-state index is -3.11. The summed E-state index contributed by atoms with van der Waals surface area (Å²) in [5.41, 5.74) is 1.11. The molecule has 0 aromatic heterocycles. The van der Waals surface area contributed by atoms with E-state index in [1.54, 1.807) is 12.1 Å². The SMILES string of the molecule is CC(NCCCN(C)C(C)C)c1ccc(S(C)(=O)=O)cc1. The topological polar surface area (TPSA) is 49.4 Å². The molecule has 1 N–H and O–H groups in total. The Hall–Kier alpha value is -0.910. The van der Waals surface area contributed by atoms with Gasteiger partial charge < -0.3 is 10.2 Å². The highest BCUT2D eigenvalue weighted by Crippen LogP contribution is 2.16. The van der Waals surface area contributed by atoms with Crippen LogP contribution in [0.2, 0.25) is 0 Å². The highest BCUT2D eigenvalue weighted by molar-refractivity contribution is 7.90. The predicted molar refractivity (Wildman–Crippen MR) is 88.4 cm³/mol. The molecule has 4 nitrogen and oxygen atoms in total. The van der Waals surface area contributed by atoms with Crippen molar-refractivity contribution in [3.8, 4) is 0 Å². The lowest BCUT2D eigenvalue weighted by Gasteiger charge is -2.21. The minimum Gasteiger partial charge on any atom is -0.310 e. The number of hydrogen-bond donors (Lipinski definition) is 1. The number of nitrogens with zero attached hydrogens (tertiary/aromatic N) is 1. The van der Waals surface area contributed by atoms with Gasteiger partial charge in [-0.1, -0.05) is 12.1 Å². The van der Waals surface area contributed by atoms with Crippen LogP contribution in [0.1, 0.15) is 38.8 Å². The van der Waals surface area contributed by atoms with Gasteiger partial charge in [0, 0.05) is 18.3 Å². The molecule has 1 aromatic carbocycles. The summed E-state index contributed by atoms with van der Waals surface area (Å²) in [5, 5.41) is 3.48. The molecule has 0 heterocycles. The third-order valence-electron chi connectivity index (χ3n) is 3.83. The minimum absolute atomic E-state index is 0.225. The van der Waals surface area contributed by atoms with Crippen LogP contribution in [0.3, 0.4) is 0 Å². The van der Waals surface area contributed by atoms with Crippen molar-refractivity contribution in [3.63, 3.8) is 0 Å². The smallest absolute Gasteiger partial charge is 0.175 e. The molecule has 0 aliphatic heterocycles. The Morgan fingerprint density at radius 1 is 1.14 bits per heavy atom. The van der Waals surface area contributed by atoms with Crippen molar-refractivity contribution in [2.75, 3.05) is 26.4 Å². The molecule has 0 fully saturated rings. The van der Waals surface area contributed by atoms with Crippen LogP contribution in [0, 0.1) is 0 Å². The first-order valence-corrected chi connectivity index (χ1v) is 9.34. The summed E-state index contributed by atoms with van der Waals surface area (Å²) in [6, 6.07) is 7.92. The van der Waals surface area contributed by atoms with E-state index >= 15 is 0 Å². The van der Waals surface area contributed by atoms with Gasteiger partial charge >= 0.3 is 0 Å². The Morgan fingerprint density at radius 2 is 1.71 bits per heavy atom. The molecular formula is C16H28N2O2S. The number of hydrogen-bond acceptors (Lipinski definition) is 4. The van der Waals surface area contributed by atoms with Gasteiger partial charge in [-0.2, -0.15) is 0 Å². The van der Waals surface area contributed by atoms with Crippen molar-refractivity contribution in [2.45, 2.75) is 44.2 Å². The molecule has 1 unspecified atom stereocenters. The summed E-state index contributed by atoms with van der Waals surface area (Å²) in [5.74, 6) is 0. The van der Waals surface area contributed by atoms with Gasteiger partial charge in [-0.25, -0.2) is 8.42 Å². The maximum Gasteiger partial charge on any atom is 0.175 e. The quantitative estimate of drug-likeness (QED) is 0.749. The monoisotopic (exact) mass is 312 g/mol. The van der Waals surface area contributed by atoms with Crippen molar-refractivity contribution in [2.24, 2.45) is 0 Å². The van der Waals surface area contributed by atoms with Gasteiger partial charge in [0.1, 0.15) is 0 Å². The van der Waals surface area contributed by atoms with E-state index < -0.39 is 9.84 Å². The van der Waals surface area contributed by atoms with E-state index in [0.717, 1.165) is 25.1 Å². The van der Waals surface area contributed by atoms with Crippen LogP contribution in [-0.2, 0) is 9.84 Å². The molecule has 5 heteroatoms. The first kappa shape index (κ1) is 18.1. The van der Waals surface area contributed by atoms with E-state index in [1.807, 2.05) is 12.1 Å². The summed E-state index contributed by atoms with van der Waals surface area (Å²) in [7, 11) is -0.973. The van der Waals surface area contributed by atoms with Gasteiger partial charge in [-0.3, -0.25) is 0 Å². The van der Waals surface area contributed by atoms with Crippen molar-refractivity contribution in [1.29, 1.82) is 0 Å². The molecule has 0 bridgehead atoms. The highest BCUT2D eigenvalue weighted by Gasteiger charge is 2.09. The van der Waals surface area contributed by atoms with E-state index in [4.69, 9.17) is 0 Å². The number of benzene rings is 1. The molecule has 0 saturated carbocycles. The fourth-order valence-corrected chi connectivity index (χ4v) is 2.66. The second-order valence-corrected chi connectivity index (χ2v) is 7.96. The van der Waals surface area contributed by atoms with Crippen molar-refractivity contribution >= 4 is 9.84 Å². The van der Waals surface area contributed by atoms with Gasteiger partial charge in [0.15, 0.2) is 9.84 Å². The molecule has 120 valence electrons. The summed E-state index contributed by atoms with van der Waals surface area (Å²) in [6.45, 7) is 8.51. The van der Waals surface area contributed by atoms with Crippen LogP contribution in [0.4, 0.5) is 0 Å². The van der Waals surface area contributed by atoms with E-state index in [9.17, 15) is 8.42 Å². The maximum atomic E-state index is 11.4. The maximum absolute atomic E-state index is 11.4. The van der Waals surface area contributed by atoms with E-state index in [1.165, 1.54) is 6.26 Å². The fraction of sp³-hybridized carbons (Fsp3) is 0.625. The third kappa shape index (κ3) is 6.16. The molecular weight excluding hydrogens is 284 g/mol. The number of nitrogens with one attached hydrogen (secondary N) is 1. The van der Waals surface area contributed by atoms with Crippen LogP contribution in [0.25, 0.3) is 0 Å². The van der Waals surface area contributed by atoms with Crippen molar-refractivity contribution in [1.82, 2.24) is 10.2 Å². The van der Waals surface area contributed by atoms with Crippen LogP contribution in [-0.4, -0.2) is 45.8 Å². The van der Waals surface area contributed by atoms with E-state index in [0.29, 0.717) is 10.9 Å². The van der Waals surface area contributed by atoms with Crippen molar-refractivity contribution < 1.29 is 8.42 Å². The van der Waals surface area contributed by atoms with Crippen LogP contribution < -0.4 is 5.32 Å². The molecule has 0 radical (unpaired) electrons. The first-order chi connectivity index (χ1) is 9.71. The standard InChI is InChI=1S/C16H28N2O2S/c1-13(2)18(4)12-6-11-17-14(3)15-7-9-16(10-8-15)21(5,19)20/h7-10,13-14,17H,6,11-12H2,1-5H3. The molecule has 1 rings (SSSR count). The molecule has 0 aliphatic rings. The Balaban J connectivity index is 2.44. The molecule has 21 heavy (non-hydrogen) atoms. The predicted octanol–water partition coefficient (Wildman–Crippen LogP) is 2.47. The zero-order valence-corrected chi connectivity index (χ0v) is 14.6. The van der Waals surface area contributed by atoms with E-state index in [2.05, 4.69) is 38.0 Å². The van der Waals surface area contributed by atoms with Gasteiger partial charge in [0.25, 0.3) is 0 Å². The number of rotatable bonds is 8. The number of sulfone groups is 1. The molecule has 0 aliphatic carbocycles. The Labute approximate surface area is 129 Å². The highest BCUT2D eigenvalue weighted by atomic mass is 32.2. The Kier molecular flexibility index (Phi) is 6.84. The van der Waals surface area contributed by atoms with Crippen LogP contribution in [0.15, 0.2) is 29.2 Å². The van der Waals surface area contributed by atoms with Crippen LogP contribution in [0.5, 0.6) is 0 Å². The van der Waals surface area contributed by atoms with Crippen molar-refractivity contribution in [3.05, 3.63) is 29.8 Å².